The third-order valence-corrected chi connectivity index (χ3v) is 3.39. The van der Waals surface area contributed by atoms with Crippen molar-refractivity contribution in [1.29, 1.82) is 0 Å². The van der Waals surface area contributed by atoms with Crippen LogP contribution in [-0.4, -0.2) is 4.98 Å². The van der Waals surface area contributed by atoms with Crippen LogP contribution in [0.15, 0.2) is 54.3 Å². The van der Waals surface area contributed by atoms with Crippen molar-refractivity contribution in [3.05, 3.63) is 59.8 Å². The van der Waals surface area contributed by atoms with E-state index in [1.165, 1.54) is 22.0 Å². The predicted octanol–water partition coefficient (Wildman–Crippen LogP) is 4.16. The summed E-state index contributed by atoms with van der Waals surface area (Å²) in [6.07, 6.45) is 10.0. The fourth-order valence-corrected chi connectivity index (χ4v) is 2.43. The number of nitrogens with one attached hydrogen (secondary N) is 1. The van der Waals surface area contributed by atoms with E-state index < -0.39 is 0 Å². The van der Waals surface area contributed by atoms with Crippen molar-refractivity contribution in [3.8, 4) is 0 Å². The largest absolute Gasteiger partial charge is 0.361 e. The zero-order valence-corrected chi connectivity index (χ0v) is 9.40. The molecule has 1 heteroatoms. The molecule has 1 aromatic carbocycles. The second kappa shape index (κ2) is 3.67. The van der Waals surface area contributed by atoms with Gasteiger partial charge in [-0.2, -0.15) is 0 Å². The van der Waals surface area contributed by atoms with E-state index in [2.05, 4.69) is 60.6 Å². The average Bonchev–Trinajstić information content (AvgIpc) is 2.98. The third-order valence-electron chi connectivity index (χ3n) is 3.39. The lowest BCUT2D eigenvalue weighted by Crippen LogP contribution is -1.93. The molecular formula is C15H15N. The van der Waals surface area contributed by atoms with Gasteiger partial charge in [-0.05, 0) is 23.6 Å². The van der Waals surface area contributed by atoms with Gasteiger partial charge in [0.05, 0.1) is 0 Å². The predicted molar refractivity (Wildman–Crippen MR) is 68.6 cm³/mol. The Morgan fingerprint density at radius 2 is 2.12 bits per heavy atom. The first kappa shape index (κ1) is 9.46. The van der Waals surface area contributed by atoms with E-state index in [4.69, 9.17) is 0 Å². The molecule has 2 aromatic rings. The minimum atomic E-state index is 0.481. The lowest BCUT2D eigenvalue weighted by molar-refractivity contribution is 0.933. The Hall–Kier alpha value is -1.76. The highest BCUT2D eigenvalue weighted by molar-refractivity contribution is 5.84. The summed E-state index contributed by atoms with van der Waals surface area (Å²) in [4.78, 5) is 3.34. The Balaban J connectivity index is 2.08. The van der Waals surface area contributed by atoms with Crippen LogP contribution < -0.4 is 0 Å². The van der Waals surface area contributed by atoms with Crippen LogP contribution in [0.5, 0.6) is 0 Å². The summed E-state index contributed by atoms with van der Waals surface area (Å²) in [5.41, 5.74) is 4.06. The molecule has 1 unspecified atom stereocenters. The molecule has 0 saturated carbocycles. The molecule has 1 aromatic heterocycles. The number of rotatable bonds is 2. The zero-order valence-electron chi connectivity index (χ0n) is 9.40. The van der Waals surface area contributed by atoms with Gasteiger partial charge >= 0.3 is 0 Å². The summed E-state index contributed by atoms with van der Waals surface area (Å²) in [5, 5.41) is 1.34. The molecule has 0 saturated heterocycles. The van der Waals surface area contributed by atoms with Crippen molar-refractivity contribution < 1.29 is 0 Å². The van der Waals surface area contributed by atoms with Gasteiger partial charge in [0, 0.05) is 23.0 Å². The van der Waals surface area contributed by atoms with E-state index in [1.54, 1.807) is 0 Å². The molecule has 0 spiro atoms. The summed E-state index contributed by atoms with van der Waals surface area (Å²) in [5.74, 6) is 0.481. The number of aromatic amines is 1. The molecule has 0 aliphatic heterocycles. The minimum Gasteiger partial charge on any atom is -0.361 e. The van der Waals surface area contributed by atoms with E-state index in [0.717, 1.165) is 6.42 Å². The van der Waals surface area contributed by atoms with Crippen LogP contribution >= 0.6 is 0 Å². The molecule has 0 fully saturated rings. The standard InChI is InChI=1S/C15H15N/c1-11(12-6-2-3-7-12)14-10-16-15-9-5-4-8-13(14)15/h2,4-11,16H,3H2,1H3. The second-order valence-electron chi connectivity index (χ2n) is 4.35. The van der Waals surface area contributed by atoms with Crippen LogP contribution in [-0.2, 0) is 0 Å². The van der Waals surface area contributed by atoms with Crippen LogP contribution in [0.2, 0.25) is 0 Å². The molecule has 1 N–H and O–H groups in total. The summed E-state index contributed by atoms with van der Waals surface area (Å²) in [7, 11) is 0. The highest BCUT2D eigenvalue weighted by atomic mass is 14.7. The number of allylic oxidation sites excluding steroid dienone is 4. The van der Waals surface area contributed by atoms with Gasteiger partial charge in [0.2, 0.25) is 0 Å². The van der Waals surface area contributed by atoms with E-state index in [9.17, 15) is 0 Å². The fourth-order valence-electron chi connectivity index (χ4n) is 2.43. The van der Waals surface area contributed by atoms with Crippen molar-refractivity contribution in [2.24, 2.45) is 0 Å². The first-order chi connectivity index (χ1) is 7.86. The van der Waals surface area contributed by atoms with Crippen LogP contribution in [0.4, 0.5) is 0 Å². The van der Waals surface area contributed by atoms with Crippen molar-refractivity contribution in [2.45, 2.75) is 19.3 Å². The smallest absolute Gasteiger partial charge is 0.0457 e. The molecule has 80 valence electrons. The number of para-hydroxylation sites is 1. The van der Waals surface area contributed by atoms with Gasteiger partial charge in [-0.25, -0.2) is 0 Å². The van der Waals surface area contributed by atoms with Crippen LogP contribution in [0.1, 0.15) is 24.8 Å². The number of fused-ring (bicyclic) bond motifs is 1. The maximum absolute atomic E-state index is 3.34. The molecule has 1 nitrogen and oxygen atoms in total. The molecule has 0 bridgehead atoms. The van der Waals surface area contributed by atoms with Crippen LogP contribution in [0, 0.1) is 0 Å². The molecule has 0 radical (unpaired) electrons. The molecule has 16 heavy (non-hydrogen) atoms. The lowest BCUT2D eigenvalue weighted by Gasteiger charge is -2.10. The van der Waals surface area contributed by atoms with E-state index in [0.29, 0.717) is 5.92 Å². The van der Waals surface area contributed by atoms with Gasteiger partial charge in [0.1, 0.15) is 0 Å². The quantitative estimate of drug-likeness (QED) is 0.764. The van der Waals surface area contributed by atoms with Gasteiger partial charge in [-0.3, -0.25) is 0 Å². The number of H-pyrrole nitrogens is 1. The highest BCUT2D eigenvalue weighted by Crippen LogP contribution is 2.32. The lowest BCUT2D eigenvalue weighted by atomic mass is 9.93. The maximum atomic E-state index is 3.34. The molecule has 1 aliphatic carbocycles. The molecule has 0 amide bonds. The summed E-state index contributed by atoms with van der Waals surface area (Å²) in [6, 6.07) is 8.49. The Labute approximate surface area is 95.5 Å². The molecule has 3 rings (SSSR count). The number of benzene rings is 1. The van der Waals surface area contributed by atoms with Gasteiger partial charge in [-0.15, -0.1) is 0 Å². The first-order valence-corrected chi connectivity index (χ1v) is 5.79. The van der Waals surface area contributed by atoms with Crippen molar-refractivity contribution in [1.82, 2.24) is 4.98 Å². The van der Waals surface area contributed by atoms with Crippen molar-refractivity contribution >= 4 is 10.9 Å². The normalized spacial score (nSPS) is 16.7. The molecule has 1 aliphatic rings. The number of hydrogen-bond acceptors (Lipinski definition) is 0. The number of aromatic nitrogens is 1. The van der Waals surface area contributed by atoms with Crippen molar-refractivity contribution in [3.63, 3.8) is 0 Å². The first-order valence-electron chi connectivity index (χ1n) is 5.79. The Morgan fingerprint density at radius 1 is 1.25 bits per heavy atom. The molecule has 1 atom stereocenters. The molecular weight excluding hydrogens is 194 g/mol. The minimum absolute atomic E-state index is 0.481. The van der Waals surface area contributed by atoms with E-state index in [-0.39, 0.29) is 0 Å². The van der Waals surface area contributed by atoms with Gasteiger partial charge < -0.3 is 4.98 Å². The molecule has 1 heterocycles. The van der Waals surface area contributed by atoms with Crippen molar-refractivity contribution in [2.75, 3.05) is 0 Å². The van der Waals surface area contributed by atoms with Gasteiger partial charge in [0.25, 0.3) is 0 Å². The maximum Gasteiger partial charge on any atom is 0.0457 e. The summed E-state index contributed by atoms with van der Waals surface area (Å²) in [6.45, 7) is 2.27. The highest BCUT2D eigenvalue weighted by Gasteiger charge is 2.14. The fraction of sp³-hybridized carbons (Fsp3) is 0.200. The Kier molecular flexibility index (Phi) is 2.17. The summed E-state index contributed by atoms with van der Waals surface area (Å²) >= 11 is 0. The van der Waals surface area contributed by atoms with Crippen LogP contribution in [0.25, 0.3) is 10.9 Å². The number of hydrogen-bond donors (Lipinski definition) is 1. The Bertz CT molecular complexity index is 572. The van der Waals surface area contributed by atoms with Gasteiger partial charge in [0.15, 0.2) is 0 Å². The second-order valence-corrected chi connectivity index (χ2v) is 4.35. The average molecular weight is 209 g/mol. The Morgan fingerprint density at radius 3 is 2.94 bits per heavy atom. The van der Waals surface area contributed by atoms with E-state index >= 15 is 0 Å². The monoisotopic (exact) mass is 209 g/mol. The topological polar surface area (TPSA) is 15.8 Å². The van der Waals surface area contributed by atoms with Crippen LogP contribution in [0.3, 0.4) is 0 Å². The van der Waals surface area contributed by atoms with Gasteiger partial charge in [-0.1, -0.05) is 43.4 Å². The SMILES string of the molecule is CC(C1=CCC=C1)c1c[nH]c2ccccc12. The summed E-state index contributed by atoms with van der Waals surface area (Å²) < 4.78 is 0. The third kappa shape index (κ3) is 1.40. The van der Waals surface area contributed by atoms with E-state index in [1.807, 2.05) is 0 Å². The zero-order chi connectivity index (χ0) is 11.0.